The van der Waals surface area contributed by atoms with Crippen molar-refractivity contribution in [2.45, 2.75) is 13.8 Å². The van der Waals surface area contributed by atoms with Gasteiger partial charge in [0.25, 0.3) is 5.91 Å². The zero-order chi connectivity index (χ0) is 13.9. The maximum atomic E-state index is 13.6. The topological polar surface area (TPSA) is 46.3 Å². The Kier molecular flexibility index (Phi) is 6.77. The van der Waals surface area contributed by atoms with Crippen molar-refractivity contribution in [2.24, 2.45) is 11.1 Å². The van der Waals surface area contributed by atoms with Crippen LogP contribution in [0.2, 0.25) is 5.02 Å². The Morgan fingerprint density at radius 1 is 1.47 bits per heavy atom. The first-order valence-electron chi connectivity index (χ1n) is 5.67. The summed E-state index contributed by atoms with van der Waals surface area (Å²) in [5.41, 5.74) is 5.39. The Hall–Kier alpha value is -0.840. The summed E-state index contributed by atoms with van der Waals surface area (Å²) in [6, 6.07) is 3.94. The van der Waals surface area contributed by atoms with Crippen LogP contribution in [0.25, 0.3) is 0 Å². The number of amides is 1. The zero-order valence-electron chi connectivity index (χ0n) is 11.2. The number of rotatable bonds is 4. The minimum absolute atomic E-state index is 0. The van der Waals surface area contributed by atoms with E-state index >= 15 is 0 Å². The molecule has 1 aromatic rings. The van der Waals surface area contributed by atoms with Gasteiger partial charge in [-0.2, -0.15) is 0 Å². The first-order chi connectivity index (χ1) is 8.26. The van der Waals surface area contributed by atoms with Crippen molar-refractivity contribution in [3.05, 3.63) is 34.6 Å². The molecule has 0 saturated heterocycles. The molecule has 108 valence electrons. The van der Waals surface area contributed by atoms with E-state index in [-0.39, 0.29) is 23.4 Å². The number of carbonyl (C=O) groups excluding carboxylic acids is 1. The predicted octanol–water partition coefficient (Wildman–Crippen LogP) is 2.96. The lowest BCUT2D eigenvalue weighted by Gasteiger charge is -2.29. The molecule has 6 heteroatoms. The van der Waals surface area contributed by atoms with E-state index in [0.29, 0.717) is 18.1 Å². The summed E-state index contributed by atoms with van der Waals surface area (Å²) in [5.74, 6) is -0.960. The van der Waals surface area contributed by atoms with Gasteiger partial charge in [0, 0.05) is 18.6 Å². The number of halogens is 3. The van der Waals surface area contributed by atoms with E-state index in [1.54, 1.807) is 7.05 Å². The van der Waals surface area contributed by atoms with Crippen LogP contribution >= 0.6 is 24.0 Å². The first-order valence-corrected chi connectivity index (χ1v) is 6.05. The van der Waals surface area contributed by atoms with Gasteiger partial charge < -0.3 is 10.6 Å². The fourth-order valence-electron chi connectivity index (χ4n) is 1.65. The summed E-state index contributed by atoms with van der Waals surface area (Å²) in [6.07, 6.45) is 0. The quantitative estimate of drug-likeness (QED) is 0.929. The molecule has 0 aromatic heterocycles. The normalized spacial score (nSPS) is 10.8. The SMILES string of the molecule is CN(CC(C)(C)CN)C(=O)c1cc(Cl)ccc1F.Cl. The van der Waals surface area contributed by atoms with Crippen LogP contribution in [0, 0.1) is 11.2 Å². The van der Waals surface area contributed by atoms with Crippen molar-refractivity contribution < 1.29 is 9.18 Å². The van der Waals surface area contributed by atoms with Crippen molar-refractivity contribution in [2.75, 3.05) is 20.1 Å². The molecule has 0 saturated carbocycles. The molecule has 0 unspecified atom stereocenters. The lowest BCUT2D eigenvalue weighted by molar-refractivity contribution is 0.0736. The predicted molar refractivity (Wildman–Crippen MR) is 78.5 cm³/mol. The molecule has 0 radical (unpaired) electrons. The van der Waals surface area contributed by atoms with E-state index in [9.17, 15) is 9.18 Å². The molecular formula is C13H19Cl2FN2O. The van der Waals surface area contributed by atoms with Gasteiger partial charge in [0.1, 0.15) is 5.82 Å². The third-order valence-corrected chi connectivity index (χ3v) is 2.96. The highest BCUT2D eigenvalue weighted by Crippen LogP contribution is 2.19. The highest BCUT2D eigenvalue weighted by Gasteiger charge is 2.23. The average molecular weight is 309 g/mol. The van der Waals surface area contributed by atoms with Gasteiger partial charge in [-0.25, -0.2) is 4.39 Å². The van der Waals surface area contributed by atoms with Crippen molar-refractivity contribution >= 4 is 29.9 Å². The Morgan fingerprint density at radius 2 is 2.05 bits per heavy atom. The first kappa shape index (κ1) is 18.2. The fourth-order valence-corrected chi connectivity index (χ4v) is 1.82. The summed E-state index contributed by atoms with van der Waals surface area (Å²) >= 11 is 5.77. The molecule has 1 amide bonds. The molecule has 0 bridgehead atoms. The second kappa shape index (κ2) is 7.08. The van der Waals surface area contributed by atoms with Gasteiger partial charge in [-0.1, -0.05) is 25.4 Å². The Balaban J connectivity index is 0.00000324. The van der Waals surface area contributed by atoms with Crippen molar-refractivity contribution in [3.63, 3.8) is 0 Å². The van der Waals surface area contributed by atoms with E-state index in [4.69, 9.17) is 17.3 Å². The van der Waals surface area contributed by atoms with Crippen LogP contribution < -0.4 is 5.73 Å². The number of nitrogens with zero attached hydrogens (tertiary/aromatic N) is 1. The van der Waals surface area contributed by atoms with Gasteiger partial charge in [0.05, 0.1) is 5.56 Å². The minimum atomic E-state index is -0.568. The Labute approximate surface area is 124 Å². The van der Waals surface area contributed by atoms with Gasteiger partial charge >= 0.3 is 0 Å². The number of hydrogen-bond acceptors (Lipinski definition) is 2. The Bertz CT molecular complexity index is 452. The standard InChI is InChI=1S/C13H18ClFN2O.ClH/c1-13(2,7-16)8-17(3)12(18)10-6-9(14)4-5-11(10)15;/h4-6H,7-8,16H2,1-3H3;1H. The second-order valence-corrected chi connectivity index (χ2v) is 5.59. The van der Waals surface area contributed by atoms with Crippen LogP contribution in [0.4, 0.5) is 4.39 Å². The zero-order valence-corrected chi connectivity index (χ0v) is 12.8. The second-order valence-electron chi connectivity index (χ2n) is 5.15. The van der Waals surface area contributed by atoms with E-state index in [1.165, 1.54) is 23.1 Å². The molecule has 2 N–H and O–H groups in total. The molecule has 0 aliphatic rings. The summed E-state index contributed by atoms with van der Waals surface area (Å²) in [7, 11) is 1.63. The molecule has 0 atom stereocenters. The molecule has 0 fully saturated rings. The van der Waals surface area contributed by atoms with E-state index in [0.717, 1.165) is 0 Å². The van der Waals surface area contributed by atoms with Gasteiger partial charge in [-0.05, 0) is 30.2 Å². The third kappa shape index (κ3) is 4.97. The molecular weight excluding hydrogens is 290 g/mol. The Morgan fingerprint density at radius 3 is 2.58 bits per heavy atom. The maximum absolute atomic E-state index is 13.6. The largest absolute Gasteiger partial charge is 0.341 e. The minimum Gasteiger partial charge on any atom is -0.341 e. The average Bonchev–Trinajstić information content (AvgIpc) is 2.31. The lowest BCUT2D eigenvalue weighted by Crippen LogP contribution is -2.40. The number of carbonyl (C=O) groups is 1. The third-order valence-electron chi connectivity index (χ3n) is 2.72. The smallest absolute Gasteiger partial charge is 0.256 e. The molecule has 0 aliphatic carbocycles. The highest BCUT2D eigenvalue weighted by molar-refractivity contribution is 6.30. The fraction of sp³-hybridized carbons (Fsp3) is 0.462. The van der Waals surface area contributed by atoms with Crippen LogP contribution in [0.5, 0.6) is 0 Å². The van der Waals surface area contributed by atoms with Crippen molar-refractivity contribution in [1.29, 1.82) is 0 Å². The van der Waals surface area contributed by atoms with Crippen molar-refractivity contribution in [1.82, 2.24) is 4.90 Å². The maximum Gasteiger partial charge on any atom is 0.256 e. The molecule has 0 spiro atoms. The molecule has 3 nitrogen and oxygen atoms in total. The van der Waals surface area contributed by atoms with Crippen LogP contribution in [0.1, 0.15) is 24.2 Å². The molecule has 19 heavy (non-hydrogen) atoms. The number of benzene rings is 1. The summed E-state index contributed by atoms with van der Waals surface area (Å²) in [5, 5.41) is 0.339. The summed E-state index contributed by atoms with van der Waals surface area (Å²) < 4.78 is 13.6. The van der Waals surface area contributed by atoms with E-state index in [1.807, 2.05) is 13.8 Å². The van der Waals surface area contributed by atoms with Gasteiger partial charge in [0.15, 0.2) is 0 Å². The van der Waals surface area contributed by atoms with Gasteiger partial charge in [0.2, 0.25) is 0 Å². The lowest BCUT2D eigenvalue weighted by atomic mass is 9.93. The van der Waals surface area contributed by atoms with Crippen LogP contribution in [0.15, 0.2) is 18.2 Å². The monoisotopic (exact) mass is 308 g/mol. The van der Waals surface area contributed by atoms with Gasteiger partial charge in [-0.3, -0.25) is 4.79 Å². The van der Waals surface area contributed by atoms with Crippen LogP contribution in [-0.2, 0) is 0 Å². The molecule has 1 rings (SSSR count). The summed E-state index contributed by atoms with van der Waals surface area (Å²) in [6.45, 7) is 4.80. The highest BCUT2D eigenvalue weighted by atomic mass is 35.5. The number of nitrogens with two attached hydrogens (primary N) is 1. The molecule has 0 aliphatic heterocycles. The number of hydrogen-bond donors (Lipinski definition) is 1. The van der Waals surface area contributed by atoms with Crippen molar-refractivity contribution in [3.8, 4) is 0 Å². The van der Waals surface area contributed by atoms with Crippen LogP contribution in [0.3, 0.4) is 0 Å². The molecule has 1 aromatic carbocycles. The summed E-state index contributed by atoms with van der Waals surface area (Å²) in [4.78, 5) is 13.6. The van der Waals surface area contributed by atoms with Crippen LogP contribution in [-0.4, -0.2) is 30.9 Å². The van der Waals surface area contributed by atoms with E-state index < -0.39 is 11.7 Å². The molecule has 0 heterocycles. The van der Waals surface area contributed by atoms with Gasteiger partial charge in [-0.15, -0.1) is 12.4 Å². The van der Waals surface area contributed by atoms with E-state index in [2.05, 4.69) is 0 Å².